The van der Waals surface area contributed by atoms with Gasteiger partial charge in [-0.25, -0.2) is 0 Å². The number of hydrogen-bond acceptors (Lipinski definition) is 8. The Morgan fingerprint density at radius 3 is 1.45 bits per heavy atom. The van der Waals surface area contributed by atoms with E-state index in [2.05, 4.69) is 104 Å². The van der Waals surface area contributed by atoms with Crippen LogP contribution in [0.25, 0.3) is 0 Å². The molecule has 0 aromatic rings. The minimum atomic E-state index is -1.58. The van der Waals surface area contributed by atoms with E-state index in [4.69, 9.17) is 9.47 Å². The predicted molar refractivity (Wildman–Crippen MR) is 276 cm³/mol. The topological polar surface area (TPSA) is 149 Å². The number of amides is 1. The van der Waals surface area contributed by atoms with Gasteiger partial charge in [0.05, 0.1) is 25.4 Å². The minimum absolute atomic E-state index is 0.200. The lowest BCUT2D eigenvalue weighted by atomic mass is 9.99. The summed E-state index contributed by atoms with van der Waals surface area (Å²) in [4.78, 5) is 13.0. The van der Waals surface area contributed by atoms with Gasteiger partial charge in [-0.05, 0) is 83.5 Å². The van der Waals surface area contributed by atoms with Crippen LogP contribution in [0.3, 0.4) is 0 Å². The van der Waals surface area contributed by atoms with Crippen LogP contribution in [0.4, 0.5) is 0 Å². The van der Waals surface area contributed by atoms with Crippen molar-refractivity contribution in [1.82, 2.24) is 5.32 Å². The van der Waals surface area contributed by atoms with Crippen molar-refractivity contribution in [3.63, 3.8) is 0 Å². The fourth-order valence-electron chi connectivity index (χ4n) is 7.70. The fourth-order valence-corrected chi connectivity index (χ4v) is 7.70. The zero-order valence-corrected chi connectivity index (χ0v) is 41.7. The molecule has 7 atom stereocenters. The number of unbranched alkanes of at least 4 members (excludes halogenated alkanes) is 19. The lowest BCUT2D eigenvalue weighted by molar-refractivity contribution is -0.302. The Hall–Kier alpha value is -2.89. The standard InChI is InChI=1S/C57H97NO8/c1-3-5-7-9-11-13-15-17-19-21-22-23-24-25-26-27-28-29-30-31-33-35-37-39-41-43-45-47-53(61)58-50(49-65-57-56(64)55(63)54(62)52(48-59)66-57)51(60)46-44-42-40-38-36-34-32-20-18-16-14-12-10-8-6-4-2/h5,7,11,13,17,19,22-23,25-26,28-29,36,38,44,46,50-52,54-57,59-60,62-64H,3-4,6,8-10,12,14-16,18,20-21,24,27,30-35,37,39-43,45,47-49H2,1-2H3,(H,58,61)/b7-5-,13-11-,19-17-,23-22-,26-25-,29-28-,38-36+,46-44+. The Balaban J connectivity index is 2.29. The van der Waals surface area contributed by atoms with E-state index in [-0.39, 0.29) is 12.5 Å². The van der Waals surface area contributed by atoms with Gasteiger partial charge >= 0.3 is 0 Å². The van der Waals surface area contributed by atoms with Crippen LogP contribution in [0.2, 0.25) is 0 Å². The molecule has 1 aliphatic heterocycles. The van der Waals surface area contributed by atoms with E-state index in [1.165, 1.54) is 89.9 Å². The highest BCUT2D eigenvalue weighted by Gasteiger charge is 2.44. The van der Waals surface area contributed by atoms with Crippen molar-refractivity contribution in [3.8, 4) is 0 Å². The molecule has 1 aliphatic rings. The molecule has 0 radical (unpaired) electrons. The van der Waals surface area contributed by atoms with Gasteiger partial charge in [-0.15, -0.1) is 0 Å². The molecule has 0 aromatic carbocycles. The number of carbonyl (C=O) groups is 1. The third kappa shape index (κ3) is 35.3. The molecular weight excluding hydrogens is 827 g/mol. The van der Waals surface area contributed by atoms with Gasteiger partial charge in [-0.3, -0.25) is 4.79 Å². The first-order valence-electron chi connectivity index (χ1n) is 26.5. The highest BCUT2D eigenvalue weighted by molar-refractivity contribution is 5.76. The first-order valence-corrected chi connectivity index (χ1v) is 26.5. The quantitative estimate of drug-likeness (QED) is 0.0262. The summed E-state index contributed by atoms with van der Waals surface area (Å²) in [6.07, 6.45) is 58.8. The van der Waals surface area contributed by atoms with Crippen molar-refractivity contribution in [1.29, 1.82) is 0 Å². The number of carbonyl (C=O) groups excluding carboxylic acids is 1. The lowest BCUT2D eigenvalue weighted by Crippen LogP contribution is -2.60. The highest BCUT2D eigenvalue weighted by Crippen LogP contribution is 2.22. The summed E-state index contributed by atoms with van der Waals surface area (Å²) in [7, 11) is 0. The second kappa shape index (κ2) is 45.9. The van der Waals surface area contributed by atoms with Crippen molar-refractivity contribution in [3.05, 3.63) is 97.2 Å². The Morgan fingerprint density at radius 1 is 0.530 bits per heavy atom. The van der Waals surface area contributed by atoms with Crippen molar-refractivity contribution in [2.75, 3.05) is 13.2 Å². The molecule has 378 valence electrons. The largest absolute Gasteiger partial charge is 0.394 e. The Morgan fingerprint density at radius 2 is 0.955 bits per heavy atom. The molecule has 0 aromatic heterocycles. The summed E-state index contributed by atoms with van der Waals surface area (Å²) in [6.45, 7) is 3.63. The van der Waals surface area contributed by atoms with Gasteiger partial charge in [0, 0.05) is 6.42 Å². The Labute approximate surface area is 403 Å². The number of allylic oxidation sites excluding steroid dienone is 15. The van der Waals surface area contributed by atoms with Crippen molar-refractivity contribution >= 4 is 5.91 Å². The van der Waals surface area contributed by atoms with Crippen LogP contribution in [0.5, 0.6) is 0 Å². The van der Waals surface area contributed by atoms with E-state index in [0.29, 0.717) is 6.42 Å². The fraction of sp³-hybridized carbons (Fsp3) is 0.702. The Bertz CT molecular complexity index is 1350. The maximum Gasteiger partial charge on any atom is 0.220 e. The summed E-state index contributed by atoms with van der Waals surface area (Å²) in [5.41, 5.74) is 0. The van der Waals surface area contributed by atoms with E-state index in [1.807, 2.05) is 6.08 Å². The van der Waals surface area contributed by atoms with Gasteiger partial charge in [-0.2, -0.15) is 0 Å². The van der Waals surface area contributed by atoms with Gasteiger partial charge in [0.25, 0.3) is 0 Å². The first kappa shape index (κ1) is 61.1. The molecule has 0 saturated carbocycles. The predicted octanol–water partition coefficient (Wildman–Crippen LogP) is 12.5. The van der Waals surface area contributed by atoms with Crippen molar-refractivity contribution in [2.45, 2.75) is 243 Å². The molecule has 6 N–H and O–H groups in total. The summed E-state index contributed by atoms with van der Waals surface area (Å²) >= 11 is 0. The number of hydrogen-bond donors (Lipinski definition) is 6. The van der Waals surface area contributed by atoms with Gasteiger partial charge < -0.3 is 40.3 Å². The molecule has 0 aliphatic carbocycles. The van der Waals surface area contributed by atoms with E-state index < -0.39 is 49.5 Å². The molecule has 1 fully saturated rings. The van der Waals surface area contributed by atoms with Gasteiger partial charge in [0.1, 0.15) is 24.4 Å². The van der Waals surface area contributed by atoms with E-state index >= 15 is 0 Å². The molecule has 66 heavy (non-hydrogen) atoms. The summed E-state index contributed by atoms with van der Waals surface area (Å²) in [6, 6.07) is -0.832. The number of aliphatic hydroxyl groups excluding tert-OH is 5. The number of nitrogens with one attached hydrogen (secondary N) is 1. The summed E-state index contributed by atoms with van der Waals surface area (Å²) in [5, 5.41) is 54.3. The highest BCUT2D eigenvalue weighted by atomic mass is 16.7. The van der Waals surface area contributed by atoms with Crippen LogP contribution in [0.15, 0.2) is 97.2 Å². The average molecular weight is 924 g/mol. The molecule has 1 amide bonds. The maximum absolute atomic E-state index is 13.0. The van der Waals surface area contributed by atoms with Gasteiger partial charge in [0.2, 0.25) is 5.91 Å². The SMILES string of the molecule is CC/C=C\C/C=C\C/C=C\C/C=C\C/C=C\C/C=C\CCCCCCCCCCC(=O)NC(COC1OC(CO)C(O)C(O)C1O)C(O)/C=C/CC/C=C/CCCCCCCCCCCC. The molecule has 9 heteroatoms. The smallest absolute Gasteiger partial charge is 0.220 e. The number of rotatable bonds is 43. The van der Waals surface area contributed by atoms with Crippen molar-refractivity contribution < 1.29 is 39.8 Å². The summed E-state index contributed by atoms with van der Waals surface area (Å²) < 4.78 is 11.2. The van der Waals surface area contributed by atoms with E-state index in [0.717, 1.165) is 89.9 Å². The third-order valence-electron chi connectivity index (χ3n) is 11.9. The van der Waals surface area contributed by atoms with Crippen molar-refractivity contribution in [2.24, 2.45) is 0 Å². The molecule has 0 bridgehead atoms. The zero-order valence-electron chi connectivity index (χ0n) is 41.7. The van der Waals surface area contributed by atoms with Crippen LogP contribution in [0.1, 0.15) is 200 Å². The molecule has 7 unspecified atom stereocenters. The van der Waals surface area contributed by atoms with E-state index in [9.17, 15) is 30.3 Å². The second-order valence-electron chi connectivity index (χ2n) is 17.9. The van der Waals surface area contributed by atoms with Crippen LogP contribution in [-0.4, -0.2) is 87.5 Å². The first-order chi connectivity index (χ1) is 32.3. The molecular formula is C57H97NO8. The lowest BCUT2D eigenvalue weighted by Gasteiger charge is -2.40. The monoisotopic (exact) mass is 924 g/mol. The van der Waals surface area contributed by atoms with Crippen LogP contribution >= 0.6 is 0 Å². The molecule has 9 nitrogen and oxygen atoms in total. The second-order valence-corrected chi connectivity index (χ2v) is 17.9. The third-order valence-corrected chi connectivity index (χ3v) is 11.9. The number of aliphatic hydroxyl groups is 5. The van der Waals surface area contributed by atoms with Crippen LogP contribution in [-0.2, 0) is 14.3 Å². The summed E-state index contributed by atoms with van der Waals surface area (Å²) in [5.74, 6) is -0.200. The van der Waals surface area contributed by atoms with E-state index in [1.54, 1.807) is 6.08 Å². The minimum Gasteiger partial charge on any atom is -0.394 e. The zero-order chi connectivity index (χ0) is 48.0. The molecule has 1 heterocycles. The normalized spacial score (nSPS) is 20.6. The van der Waals surface area contributed by atoms with Crippen LogP contribution < -0.4 is 5.32 Å². The molecule has 1 saturated heterocycles. The Kier molecular flexibility index (Phi) is 42.5. The number of ether oxygens (including phenoxy) is 2. The van der Waals surface area contributed by atoms with Crippen LogP contribution in [0, 0.1) is 0 Å². The average Bonchev–Trinajstić information content (AvgIpc) is 3.32. The van der Waals surface area contributed by atoms with Gasteiger partial charge in [-0.1, -0.05) is 207 Å². The van der Waals surface area contributed by atoms with Gasteiger partial charge in [0.15, 0.2) is 6.29 Å². The molecule has 0 spiro atoms. The molecule has 1 rings (SSSR count). The maximum atomic E-state index is 13.0.